The van der Waals surface area contributed by atoms with Crippen molar-refractivity contribution in [2.75, 3.05) is 0 Å². The molecular formula is C7H12. The van der Waals surface area contributed by atoms with E-state index in [1.54, 1.807) is 0 Å². The SMILES string of the molecule is [CH2]CC=C[CH]CC. The fraction of sp³-hybridized carbons (Fsp3) is 0.429. The Balaban J connectivity index is 2.78. The average molecular weight is 96.2 g/mol. The second kappa shape index (κ2) is 5.74. The molecule has 0 nitrogen and oxygen atoms in total. The standard InChI is InChI=1S/C7H12/c1-3-5-7-6-4-2/h5-7H,1,3-4H2,2H3. The molecule has 2 radical (unpaired) electrons. The summed E-state index contributed by atoms with van der Waals surface area (Å²) in [5.41, 5.74) is 0. The Kier molecular flexibility index (Phi) is 5.53. The molecule has 0 saturated carbocycles. The molecular weight excluding hydrogens is 84.1 g/mol. The second-order valence-corrected chi connectivity index (χ2v) is 1.36. The predicted molar refractivity (Wildman–Crippen MR) is 33.7 cm³/mol. The van der Waals surface area contributed by atoms with Crippen LogP contribution in [0.15, 0.2) is 12.2 Å². The van der Waals surface area contributed by atoms with Gasteiger partial charge in [-0.15, -0.1) is 0 Å². The summed E-state index contributed by atoms with van der Waals surface area (Å²) in [4.78, 5) is 0. The van der Waals surface area contributed by atoms with Crippen LogP contribution in [0.1, 0.15) is 19.8 Å². The van der Waals surface area contributed by atoms with E-state index in [-0.39, 0.29) is 0 Å². The van der Waals surface area contributed by atoms with Crippen LogP contribution < -0.4 is 0 Å². The van der Waals surface area contributed by atoms with Gasteiger partial charge >= 0.3 is 0 Å². The first-order chi connectivity index (χ1) is 3.41. The van der Waals surface area contributed by atoms with E-state index in [1.165, 1.54) is 0 Å². The minimum Gasteiger partial charge on any atom is -0.0882 e. The summed E-state index contributed by atoms with van der Waals surface area (Å²) in [7, 11) is 0. The summed E-state index contributed by atoms with van der Waals surface area (Å²) in [6.45, 7) is 5.77. The molecule has 0 aromatic heterocycles. The van der Waals surface area contributed by atoms with Crippen molar-refractivity contribution in [2.24, 2.45) is 0 Å². The number of hydrogen-bond donors (Lipinski definition) is 0. The average Bonchev–Trinajstić information content (AvgIpc) is 1.69. The zero-order valence-corrected chi connectivity index (χ0v) is 4.85. The Hall–Kier alpha value is -0.260. The molecule has 0 amide bonds. The molecule has 7 heavy (non-hydrogen) atoms. The Labute approximate surface area is 46.2 Å². The zero-order chi connectivity index (χ0) is 5.54. The van der Waals surface area contributed by atoms with Gasteiger partial charge in [-0.2, -0.15) is 0 Å². The van der Waals surface area contributed by atoms with Crippen molar-refractivity contribution in [2.45, 2.75) is 19.8 Å². The summed E-state index contributed by atoms with van der Waals surface area (Å²) in [6, 6.07) is 0. The molecule has 40 valence electrons. The lowest BCUT2D eigenvalue weighted by Gasteiger charge is -1.78. The largest absolute Gasteiger partial charge is 0.0882 e. The summed E-state index contributed by atoms with van der Waals surface area (Å²) in [5, 5.41) is 0. The summed E-state index contributed by atoms with van der Waals surface area (Å²) >= 11 is 0. The molecule has 0 heteroatoms. The molecule has 0 spiro atoms. The molecule has 0 saturated heterocycles. The van der Waals surface area contributed by atoms with E-state index in [2.05, 4.69) is 20.3 Å². The van der Waals surface area contributed by atoms with Crippen LogP contribution in [0.4, 0.5) is 0 Å². The topological polar surface area (TPSA) is 0 Å². The van der Waals surface area contributed by atoms with E-state index in [9.17, 15) is 0 Å². The molecule has 0 fully saturated rings. The van der Waals surface area contributed by atoms with Crippen molar-refractivity contribution in [3.8, 4) is 0 Å². The highest BCUT2D eigenvalue weighted by molar-refractivity contribution is 4.93. The molecule has 0 heterocycles. The van der Waals surface area contributed by atoms with E-state index in [0.29, 0.717) is 0 Å². The maximum absolute atomic E-state index is 3.65. The third-order valence-electron chi connectivity index (χ3n) is 0.675. The van der Waals surface area contributed by atoms with Crippen LogP contribution in [0.5, 0.6) is 0 Å². The first-order valence-corrected chi connectivity index (χ1v) is 2.69. The van der Waals surface area contributed by atoms with Crippen LogP contribution in [0, 0.1) is 13.3 Å². The predicted octanol–water partition coefficient (Wildman–Crippen LogP) is 2.38. The van der Waals surface area contributed by atoms with Gasteiger partial charge in [0, 0.05) is 0 Å². The molecule has 0 unspecified atom stereocenters. The normalized spacial score (nSPS) is 10.6. The highest BCUT2D eigenvalue weighted by Gasteiger charge is 1.68. The van der Waals surface area contributed by atoms with Crippen molar-refractivity contribution in [3.63, 3.8) is 0 Å². The van der Waals surface area contributed by atoms with E-state index in [4.69, 9.17) is 0 Å². The zero-order valence-electron chi connectivity index (χ0n) is 4.85. The molecule has 0 bridgehead atoms. The second-order valence-electron chi connectivity index (χ2n) is 1.36. The number of unbranched alkanes of at least 4 members (excludes halogenated alkanes) is 1. The summed E-state index contributed by atoms with van der Waals surface area (Å²) in [6.07, 6.45) is 8.23. The van der Waals surface area contributed by atoms with Crippen LogP contribution in [0.2, 0.25) is 0 Å². The Morgan fingerprint density at radius 1 is 1.57 bits per heavy atom. The molecule has 0 aliphatic carbocycles. The van der Waals surface area contributed by atoms with Gasteiger partial charge in [0.05, 0.1) is 0 Å². The van der Waals surface area contributed by atoms with E-state index >= 15 is 0 Å². The first kappa shape index (κ1) is 6.74. The van der Waals surface area contributed by atoms with Gasteiger partial charge < -0.3 is 0 Å². The Morgan fingerprint density at radius 3 is 2.71 bits per heavy atom. The van der Waals surface area contributed by atoms with Gasteiger partial charge in [0.25, 0.3) is 0 Å². The van der Waals surface area contributed by atoms with Gasteiger partial charge in [0.1, 0.15) is 0 Å². The van der Waals surface area contributed by atoms with Crippen molar-refractivity contribution >= 4 is 0 Å². The van der Waals surface area contributed by atoms with Crippen molar-refractivity contribution in [1.29, 1.82) is 0 Å². The van der Waals surface area contributed by atoms with Crippen molar-refractivity contribution in [1.82, 2.24) is 0 Å². The maximum atomic E-state index is 3.65. The van der Waals surface area contributed by atoms with Crippen molar-refractivity contribution < 1.29 is 0 Å². The van der Waals surface area contributed by atoms with E-state index < -0.39 is 0 Å². The van der Waals surface area contributed by atoms with Crippen LogP contribution in [0.3, 0.4) is 0 Å². The van der Waals surface area contributed by atoms with E-state index in [1.807, 2.05) is 12.2 Å². The minimum atomic E-state index is 0.899. The van der Waals surface area contributed by atoms with Crippen LogP contribution in [-0.4, -0.2) is 0 Å². The third-order valence-corrected chi connectivity index (χ3v) is 0.675. The van der Waals surface area contributed by atoms with Crippen molar-refractivity contribution in [3.05, 3.63) is 25.5 Å². The Morgan fingerprint density at radius 2 is 2.29 bits per heavy atom. The minimum absolute atomic E-state index is 0.899. The van der Waals surface area contributed by atoms with E-state index in [0.717, 1.165) is 12.8 Å². The Bertz CT molecular complexity index is 44.0. The highest BCUT2D eigenvalue weighted by Crippen LogP contribution is 1.87. The fourth-order valence-corrected chi connectivity index (χ4v) is 0.329. The highest BCUT2D eigenvalue weighted by atomic mass is 13.7. The quantitative estimate of drug-likeness (QED) is 0.506. The van der Waals surface area contributed by atoms with Crippen LogP contribution in [0.25, 0.3) is 0 Å². The van der Waals surface area contributed by atoms with Gasteiger partial charge in [-0.25, -0.2) is 0 Å². The monoisotopic (exact) mass is 96.1 g/mol. The lowest BCUT2D eigenvalue weighted by atomic mass is 10.3. The number of allylic oxidation sites excluding steroid dienone is 2. The smallest absolute Gasteiger partial charge is 0.0173 e. The molecule has 0 aromatic rings. The number of rotatable bonds is 3. The van der Waals surface area contributed by atoms with Crippen LogP contribution >= 0.6 is 0 Å². The van der Waals surface area contributed by atoms with Gasteiger partial charge in [0.2, 0.25) is 0 Å². The lowest BCUT2D eigenvalue weighted by Crippen LogP contribution is -1.60. The summed E-state index contributed by atoms with van der Waals surface area (Å²) < 4.78 is 0. The molecule has 0 N–H and O–H groups in total. The van der Waals surface area contributed by atoms with Gasteiger partial charge in [-0.1, -0.05) is 19.1 Å². The molecule has 0 aliphatic rings. The first-order valence-electron chi connectivity index (χ1n) is 2.69. The van der Waals surface area contributed by atoms with Gasteiger partial charge in [-0.3, -0.25) is 0 Å². The molecule has 0 atom stereocenters. The summed E-state index contributed by atoms with van der Waals surface area (Å²) in [5.74, 6) is 0. The maximum Gasteiger partial charge on any atom is -0.0173 e. The molecule has 0 aromatic carbocycles. The molecule has 0 aliphatic heterocycles. The fourth-order valence-electron chi connectivity index (χ4n) is 0.329. The van der Waals surface area contributed by atoms with Crippen LogP contribution in [-0.2, 0) is 0 Å². The van der Waals surface area contributed by atoms with Gasteiger partial charge in [0.15, 0.2) is 0 Å². The lowest BCUT2D eigenvalue weighted by molar-refractivity contribution is 1.14. The number of hydrogen-bond acceptors (Lipinski definition) is 0. The van der Waals surface area contributed by atoms with Gasteiger partial charge in [-0.05, 0) is 26.2 Å². The third kappa shape index (κ3) is 5.74. The molecule has 0 rings (SSSR count).